The second kappa shape index (κ2) is 6.00. The molecule has 1 aliphatic heterocycles. The topological polar surface area (TPSA) is 104 Å². The van der Waals surface area contributed by atoms with Gasteiger partial charge in [0.15, 0.2) is 0 Å². The Morgan fingerprint density at radius 3 is 2.65 bits per heavy atom. The van der Waals surface area contributed by atoms with Gasteiger partial charge in [0.25, 0.3) is 0 Å². The Morgan fingerprint density at radius 2 is 2.10 bits per heavy atom. The Hall–Kier alpha value is -1.96. The molecule has 8 heteroatoms. The standard InChI is InChI=1S/C12H19N5O3/c1-3-13-12-14-8(2)10(17(19)20)11(15-12)16-6-4-9(18)5-7-16/h9,18H,3-7H2,1-2H3,(H,13,14,15). The number of aliphatic hydroxyl groups excluding tert-OH is 1. The number of rotatable bonds is 4. The Bertz CT molecular complexity index is 500. The summed E-state index contributed by atoms with van der Waals surface area (Å²) in [5.41, 5.74) is 0.296. The summed E-state index contributed by atoms with van der Waals surface area (Å²) in [7, 11) is 0. The van der Waals surface area contributed by atoms with E-state index in [9.17, 15) is 15.2 Å². The lowest BCUT2D eigenvalue weighted by Gasteiger charge is -2.30. The molecule has 0 atom stereocenters. The Labute approximate surface area is 117 Å². The highest BCUT2D eigenvalue weighted by Crippen LogP contribution is 2.31. The zero-order valence-electron chi connectivity index (χ0n) is 11.7. The first-order valence-electron chi connectivity index (χ1n) is 6.72. The number of aliphatic hydroxyl groups is 1. The fraction of sp³-hybridized carbons (Fsp3) is 0.667. The van der Waals surface area contributed by atoms with E-state index in [1.54, 1.807) is 6.92 Å². The van der Waals surface area contributed by atoms with Crippen molar-refractivity contribution >= 4 is 17.5 Å². The van der Waals surface area contributed by atoms with Crippen LogP contribution in [0.25, 0.3) is 0 Å². The van der Waals surface area contributed by atoms with Crippen molar-refractivity contribution < 1.29 is 10.0 Å². The molecule has 0 bridgehead atoms. The lowest BCUT2D eigenvalue weighted by atomic mass is 10.1. The van der Waals surface area contributed by atoms with E-state index in [0.717, 1.165) is 0 Å². The van der Waals surface area contributed by atoms with Crippen LogP contribution in [0.15, 0.2) is 0 Å². The number of aromatic nitrogens is 2. The van der Waals surface area contributed by atoms with Crippen molar-refractivity contribution in [2.75, 3.05) is 29.9 Å². The van der Waals surface area contributed by atoms with E-state index in [1.165, 1.54) is 0 Å². The van der Waals surface area contributed by atoms with Crippen LogP contribution in [0.4, 0.5) is 17.5 Å². The van der Waals surface area contributed by atoms with Crippen molar-refractivity contribution in [3.05, 3.63) is 15.8 Å². The van der Waals surface area contributed by atoms with Gasteiger partial charge in [0.05, 0.1) is 11.0 Å². The minimum atomic E-state index is -0.439. The number of piperidine rings is 1. The van der Waals surface area contributed by atoms with Crippen LogP contribution in [-0.2, 0) is 0 Å². The third-order valence-corrected chi connectivity index (χ3v) is 3.32. The van der Waals surface area contributed by atoms with Gasteiger partial charge in [0.1, 0.15) is 5.69 Å². The summed E-state index contributed by atoms with van der Waals surface area (Å²) in [5, 5.41) is 23.8. The van der Waals surface area contributed by atoms with Crippen LogP contribution in [0.2, 0.25) is 0 Å². The van der Waals surface area contributed by atoms with Gasteiger partial charge in [-0.05, 0) is 26.7 Å². The molecule has 0 amide bonds. The van der Waals surface area contributed by atoms with Gasteiger partial charge in [-0.3, -0.25) is 10.1 Å². The molecular formula is C12H19N5O3. The maximum Gasteiger partial charge on any atom is 0.332 e. The number of nitrogens with one attached hydrogen (secondary N) is 1. The Morgan fingerprint density at radius 1 is 1.45 bits per heavy atom. The highest BCUT2D eigenvalue weighted by Gasteiger charge is 2.28. The maximum atomic E-state index is 11.2. The molecule has 2 N–H and O–H groups in total. The van der Waals surface area contributed by atoms with Crippen LogP contribution in [0.3, 0.4) is 0 Å². The van der Waals surface area contributed by atoms with Crippen LogP contribution in [0.5, 0.6) is 0 Å². The molecule has 2 rings (SSSR count). The number of nitro groups is 1. The third-order valence-electron chi connectivity index (χ3n) is 3.32. The van der Waals surface area contributed by atoms with Crippen LogP contribution < -0.4 is 10.2 Å². The van der Waals surface area contributed by atoms with Gasteiger partial charge in [-0.15, -0.1) is 0 Å². The molecule has 0 spiro atoms. The summed E-state index contributed by atoms with van der Waals surface area (Å²) < 4.78 is 0. The van der Waals surface area contributed by atoms with Crippen molar-refractivity contribution in [3.8, 4) is 0 Å². The molecule has 2 heterocycles. The Kier molecular flexibility index (Phi) is 4.33. The maximum absolute atomic E-state index is 11.2. The lowest BCUT2D eigenvalue weighted by Crippen LogP contribution is -2.37. The fourth-order valence-electron chi connectivity index (χ4n) is 2.30. The first-order valence-corrected chi connectivity index (χ1v) is 6.72. The van der Waals surface area contributed by atoms with E-state index in [-0.39, 0.29) is 11.8 Å². The molecule has 0 unspecified atom stereocenters. The monoisotopic (exact) mass is 281 g/mol. The SMILES string of the molecule is CCNc1nc(C)c([N+](=O)[O-])c(N2CCC(O)CC2)n1. The molecule has 0 aliphatic carbocycles. The van der Waals surface area contributed by atoms with E-state index < -0.39 is 4.92 Å². The zero-order chi connectivity index (χ0) is 14.7. The summed E-state index contributed by atoms with van der Waals surface area (Å²) in [5.74, 6) is 0.738. The molecule has 0 radical (unpaired) electrons. The van der Waals surface area contributed by atoms with Crippen LogP contribution in [0.1, 0.15) is 25.5 Å². The highest BCUT2D eigenvalue weighted by atomic mass is 16.6. The number of anilines is 2. The molecule has 1 aromatic rings. The van der Waals surface area contributed by atoms with E-state index in [2.05, 4.69) is 15.3 Å². The van der Waals surface area contributed by atoms with Gasteiger partial charge >= 0.3 is 5.69 Å². The van der Waals surface area contributed by atoms with E-state index in [4.69, 9.17) is 0 Å². The fourth-order valence-corrected chi connectivity index (χ4v) is 2.30. The van der Waals surface area contributed by atoms with Gasteiger partial charge < -0.3 is 15.3 Å². The second-order valence-corrected chi connectivity index (χ2v) is 4.81. The smallest absolute Gasteiger partial charge is 0.332 e. The van der Waals surface area contributed by atoms with Crippen molar-refractivity contribution in [3.63, 3.8) is 0 Å². The molecule has 8 nitrogen and oxygen atoms in total. The van der Waals surface area contributed by atoms with Gasteiger partial charge in [0.2, 0.25) is 11.8 Å². The number of hydrogen-bond acceptors (Lipinski definition) is 7. The average Bonchev–Trinajstić information content (AvgIpc) is 2.38. The Balaban J connectivity index is 2.39. The van der Waals surface area contributed by atoms with Crippen molar-refractivity contribution in [1.82, 2.24) is 9.97 Å². The highest BCUT2D eigenvalue weighted by molar-refractivity contribution is 5.62. The zero-order valence-corrected chi connectivity index (χ0v) is 11.7. The van der Waals surface area contributed by atoms with E-state index in [1.807, 2.05) is 11.8 Å². The normalized spacial score (nSPS) is 16.2. The summed E-state index contributed by atoms with van der Waals surface area (Å²) >= 11 is 0. The molecule has 1 fully saturated rings. The quantitative estimate of drug-likeness (QED) is 0.628. The molecular weight excluding hydrogens is 262 g/mol. The summed E-state index contributed by atoms with van der Waals surface area (Å²) in [6, 6.07) is 0. The molecule has 0 aromatic carbocycles. The second-order valence-electron chi connectivity index (χ2n) is 4.81. The average molecular weight is 281 g/mol. The van der Waals surface area contributed by atoms with Crippen LogP contribution >= 0.6 is 0 Å². The van der Waals surface area contributed by atoms with Crippen LogP contribution in [-0.4, -0.2) is 45.7 Å². The lowest BCUT2D eigenvalue weighted by molar-refractivity contribution is -0.385. The van der Waals surface area contributed by atoms with Crippen molar-refractivity contribution in [2.45, 2.75) is 32.8 Å². The summed E-state index contributed by atoms with van der Waals surface area (Å²) in [6.07, 6.45) is 0.856. The minimum absolute atomic E-state index is 0.0527. The predicted octanol–water partition coefficient (Wildman–Crippen LogP) is 1.09. The number of aryl methyl sites for hydroxylation is 1. The number of hydrogen-bond donors (Lipinski definition) is 2. The summed E-state index contributed by atoms with van der Waals surface area (Å²) in [4.78, 5) is 21.0. The predicted molar refractivity (Wildman–Crippen MR) is 75.0 cm³/mol. The first-order chi connectivity index (χ1) is 9.52. The first kappa shape index (κ1) is 14.4. The van der Waals surface area contributed by atoms with Crippen LogP contribution in [0, 0.1) is 17.0 Å². The molecule has 20 heavy (non-hydrogen) atoms. The van der Waals surface area contributed by atoms with Crippen molar-refractivity contribution in [1.29, 1.82) is 0 Å². The molecule has 110 valence electrons. The van der Waals surface area contributed by atoms with Gasteiger partial charge in [0, 0.05) is 19.6 Å². The molecule has 1 saturated heterocycles. The molecule has 1 aromatic heterocycles. The van der Waals surface area contributed by atoms with Gasteiger partial charge in [-0.25, -0.2) is 4.98 Å². The van der Waals surface area contributed by atoms with Crippen molar-refractivity contribution in [2.24, 2.45) is 0 Å². The number of nitrogens with zero attached hydrogens (tertiary/aromatic N) is 4. The van der Waals surface area contributed by atoms with Gasteiger partial charge in [-0.1, -0.05) is 0 Å². The minimum Gasteiger partial charge on any atom is -0.393 e. The molecule has 0 saturated carbocycles. The summed E-state index contributed by atoms with van der Waals surface area (Å²) in [6.45, 7) is 5.30. The largest absolute Gasteiger partial charge is 0.393 e. The van der Waals surface area contributed by atoms with E-state index in [0.29, 0.717) is 49.9 Å². The van der Waals surface area contributed by atoms with E-state index >= 15 is 0 Å². The van der Waals surface area contributed by atoms with Gasteiger partial charge in [-0.2, -0.15) is 4.98 Å². The molecule has 1 aliphatic rings. The third kappa shape index (κ3) is 2.96.